The van der Waals surface area contributed by atoms with Crippen molar-refractivity contribution in [3.05, 3.63) is 17.1 Å². The van der Waals surface area contributed by atoms with Crippen LogP contribution < -0.4 is 5.32 Å². The molecular weight excluding hydrogens is 280 g/mol. The molecule has 0 aliphatic carbocycles. The predicted molar refractivity (Wildman–Crippen MR) is 77.3 cm³/mol. The van der Waals surface area contributed by atoms with E-state index in [0.29, 0.717) is 43.4 Å². The third-order valence-electron chi connectivity index (χ3n) is 3.10. The van der Waals surface area contributed by atoms with Gasteiger partial charge in [-0.2, -0.15) is 4.31 Å². The highest BCUT2D eigenvalue weighted by atomic mass is 32.2. The predicted octanol–water partition coefficient (Wildman–Crippen LogP) is 1.27. The second-order valence-electron chi connectivity index (χ2n) is 4.58. The van der Waals surface area contributed by atoms with Gasteiger partial charge in [0.25, 0.3) is 0 Å². The summed E-state index contributed by atoms with van der Waals surface area (Å²) in [6.45, 7) is 7.06. The van der Waals surface area contributed by atoms with E-state index in [0.717, 1.165) is 0 Å². The van der Waals surface area contributed by atoms with Gasteiger partial charge in [0.2, 0.25) is 10.0 Å². The standard InChI is InChI=1S/C13H24N2O4S/c1-6-18-8-7-15(5)20(16,17)13-11(3)19-10(2)12(13)9-14-4/h14H,6-9H2,1-5H3. The molecular formula is C13H24N2O4S. The van der Waals surface area contributed by atoms with Crippen LogP contribution in [0.15, 0.2) is 9.31 Å². The molecule has 0 aliphatic heterocycles. The van der Waals surface area contributed by atoms with Crippen LogP contribution in [0.3, 0.4) is 0 Å². The van der Waals surface area contributed by atoms with E-state index in [1.54, 1.807) is 27.9 Å². The van der Waals surface area contributed by atoms with Crippen molar-refractivity contribution < 1.29 is 17.6 Å². The Labute approximate surface area is 121 Å². The first-order valence-electron chi connectivity index (χ1n) is 6.63. The smallest absolute Gasteiger partial charge is 0.246 e. The summed E-state index contributed by atoms with van der Waals surface area (Å²) in [5, 5.41) is 2.97. The summed E-state index contributed by atoms with van der Waals surface area (Å²) in [4.78, 5) is 0.267. The van der Waals surface area contributed by atoms with Crippen LogP contribution in [0.2, 0.25) is 0 Å². The molecule has 0 atom stereocenters. The third kappa shape index (κ3) is 3.60. The summed E-state index contributed by atoms with van der Waals surface area (Å²) in [6.07, 6.45) is 0. The Morgan fingerprint density at radius 3 is 2.50 bits per heavy atom. The van der Waals surface area contributed by atoms with Gasteiger partial charge < -0.3 is 14.5 Å². The molecule has 116 valence electrons. The van der Waals surface area contributed by atoms with E-state index in [-0.39, 0.29) is 4.90 Å². The second kappa shape index (κ2) is 7.21. The number of rotatable bonds is 8. The monoisotopic (exact) mass is 304 g/mol. The summed E-state index contributed by atoms with van der Waals surface area (Å²) in [5.41, 5.74) is 0.688. The molecule has 0 unspecified atom stereocenters. The lowest BCUT2D eigenvalue weighted by Crippen LogP contribution is -2.31. The van der Waals surface area contributed by atoms with Crippen molar-refractivity contribution in [3.8, 4) is 0 Å². The van der Waals surface area contributed by atoms with Gasteiger partial charge in [0, 0.05) is 32.3 Å². The molecule has 1 rings (SSSR count). The molecule has 0 saturated carbocycles. The first-order valence-corrected chi connectivity index (χ1v) is 8.07. The topological polar surface area (TPSA) is 71.8 Å². The molecule has 1 heterocycles. The van der Waals surface area contributed by atoms with Crippen molar-refractivity contribution in [3.63, 3.8) is 0 Å². The van der Waals surface area contributed by atoms with E-state index in [2.05, 4.69) is 5.32 Å². The van der Waals surface area contributed by atoms with Gasteiger partial charge in [-0.3, -0.25) is 0 Å². The third-order valence-corrected chi connectivity index (χ3v) is 5.15. The fourth-order valence-corrected chi connectivity index (χ4v) is 3.60. The van der Waals surface area contributed by atoms with Gasteiger partial charge in [0.05, 0.1) is 6.61 Å². The molecule has 0 bridgehead atoms. The molecule has 1 aromatic heterocycles. The molecule has 0 spiro atoms. The van der Waals surface area contributed by atoms with Crippen LogP contribution >= 0.6 is 0 Å². The van der Waals surface area contributed by atoms with Crippen LogP contribution in [0, 0.1) is 13.8 Å². The number of furan rings is 1. The first-order chi connectivity index (χ1) is 9.36. The van der Waals surface area contributed by atoms with E-state index < -0.39 is 10.0 Å². The second-order valence-corrected chi connectivity index (χ2v) is 6.56. The minimum Gasteiger partial charge on any atom is -0.465 e. The molecule has 7 heteroatoms. The van der Waals surface area contributed by atoms with Crippen molar-refractivity contribution in [1.29, 1.82) is 0 Å². The minimum atomic E-state index is -3.56. The number of ether oxygens (including phenoxy) is 1. The molecule has 0 amide bonds. The maximum Gasteiger partial charge on any atom is 0.246 e. The van der Waals surface area contributed by atoms with Crippen LogP contribution in [-0.2, 0) is 21.3 Å². The molecule has 6 nitrogen and oxygen atoms in total. The van der Waals surface area contributed by atoms with E-state index in [1.807, 2.05) is 6.92 Å². The van der Waals surface area contributed by atoms with Gasteiger partial charge in [0.15, 0.2) is 0 Å². The van der Waals surface area contributed by atoms with Gasteiger partial charge in [0.1, 0.15) is 16.4 Å². The van der Waals surface area contributed by atoms with Gasteiger partial charge >= 0.3 is 0 Å². The molecule has 1 N–H and O–H groups in total. The van der Waals surface area contributed by atoms with E-state index in [4.69, 9.17) is 9.15 Å². The Kier molecular flexibility index (Phi) is 6.19. The number of sulfonamides is 1. The van der Waals surface area contributed by atoms with E-state index in [1.165, 1.54) is 4.31 Å². The lowest BCUT2D eigenvalue weighted by atomic mass is 10.2. The number of nitrogens with one attached hydrogen (secondary N) is 1. The zero-order chi connectivity index (χ0) is 15.3. The van der Waals surface area contributed by atoms with Crippen LogP contribution in [0.25, 0.3) is 0 Å². The molecule has 0 saturated heterocycles. The highest BCUT2D eigenvalue weighted by molar-refractivity contribution is 7.89. The number of nitrogens with zero attached hydrogens (tertiary/aromatic N) is 1. The lowest BCUT2D eigenvalue weighted by molar-refractivity contribution is 0.138. The molecule has 20 heavy (non-hydrogen) atoms. The fourth-order valence-electron chi connectivity index (χ4n) is 2.04. The normalized spacial score (nSPS) is 12.3. The average Bonchev–Trinajstić information content (AvgIpc) is 2.65. The highest BCUT2D eigenvalue weighted by Crippen LogP contribution is 2.28. The van der Waals surface area contributed by atoms with Crippen LogP contribution in [-0.4, -0.2) is 46.6 Å². The fraction of sp³-hybridized carbons (Fsp3) is 0.692. The van der Waals surface area contributed by atoms with Crippen molar-refractivity contribution >= 4 is 10.0 Å². The summed E-state index contributed by atoms with van der Waals surface area (Å²) < 4.78 is 37.3. The molecule has 0 radical (unpaired) electrons. The number of hydrogen-bond acceptors (Lipinski definition) is 5. The summed E-state index contributed by atoms with van der Waals surface area (Å²) >= 11 is 0. The van der Waals surface area contributed by atoms with Crippen molar-refractivity contribution in [2.24, 2.45) is 0 Å². The Morgan fingerprint density at radius 1 is 1.30 bits per heavy atom. The van der Waals surface area contributed by atoms with Crippen molar-refractivity contribution in [1.82, 2.24) is 9.62 Å². The Hall–Kier alpha value is -0.890. The van der Waals surface area contributed by atoms with E-state index in [9.17, 15) is 8.42 Å². The van der Waals surface area contributed by atoms with Crippen molar-refractivity contribution in [2.45, 2.75) is 32.2 Å². The van der Waals surface area contributed by atoms with Crippen LogP contribution in [0.1, 0.15) is 24.0 Å². The van der Waals surface area contributed by atoms with Crippen molar-refractivity contribution in [2.75, 3.05) is 33.9 Å². The maximum atomic E-state index is 12.6. The van der Waals surface area contributed by atoms with Crippen LogP contribution in [0.4, 0.5) is 0 Å². The van der Waals surface area contributed by atoms with Crippen LogP contribution in [0.5, 0.6) is 0 Å². The summed E-state index contributed by atoms with van der Waals surface area (Å²) in [5.74, 6) is 1.06. The SMILES string of the molecule is CCOCCN(C)S(=O)(=O)c1c(C)oc(C)c1CNC. The van der Waals surface area contributed by atoms with Gasteiger partial charge in [-0.1, -0.05) is 0 Å². The highest BCUT2D eigenvalue weighted by Gasteiger charge is 2.29. The molecule has 0 aliphatic rings. The van der Waals surface area contributed by atoms with Gasteiger partial charge in [-0.15, -0.1) is 0 Å². The minimum absolute atomic E-state index is 0.267. The Bertz CT molecular complexity index is 537. The van der Waals surface area contributed by atoms with E-state index >= 15 is 0 Å². The number of likely N-dealkylation sites (N-methyl/N-ethyl adjacent to an activating group) is 1. The first kappa shape index (κ1) is 17.2. The molecule has 1 aromatic rings. The lowest BCUT2D eigenvalue weighted by Gasteiger charge is -2.17. The maximum absolute atomic E-state index is 12.6. The van der Waals surface area contributed by atoms with Gasteiger partial charge in [-0.25, -0.2) is 8.42 Å². The Morgan fingerprint density at radius 2 is 1.95 bits per heavy atom. The summed E-state index contributed by atoms with van der Waals surface area (Å²) in [7, 11) is -0.233. The number of hydrogen-bond donors (Lipinski definition) is 1. The Balaban J connectivity index is 3.08. The molecule has 0 fully saturated rings. The summed E-state index contributed by atoms with van der Waals surface area (Å²) in [6, 6.07) is 0. The zero-order valence-corrected chi connectivity index (χ0v) is 13.6. The van der Waals surface area contributed by atoms with Gasteiger partial charge in [-0.05, 0) is 27.8 Å². The zero-order valence-electron chi connectivity index (χ0n) is 12.8. The largest absolute Gasteiger partial charge is 0.465 e. The average molecular weight is 304 g/mol. The molecule has 0 aromatic carbocycles. The quantitative estimate of drug-likeness (QED) is 0.732. The number of aryl methyl sites for hydroxylation is 2.